The molecule has 1 aliphatic carbocycles. The normalized spacial score (nSPS) is 20.9. The lowest BCUT2D eigenvalue weighted by molar-refractivity contribution is 0.0584. The van der Waals surface area contributed by atoms with Gasteiger partial charge < -0.3 is 14.4 Å². The second-order valence-electron chi connectivity index (χ2n) is 6.74. The third kappa shape index (κ3) is 6.15. The maximum atomic E-state index is 5.80. The van der Waals surface area contributed by atoms with Gasteiger partial charge in [-0.1, -0.05) is 26.0 Å². The van der Waals surface area contributed by atoms with Crippen molar-refractivity contribution in [2.24, 2.45) is 5.92 Å². The van der Waals surface area contributed by atoms with Crippen LogP contribution in [0.25, 0.3) is 0 Å². The zero-order chi connectivity index (χ0) is 16.5. The first-order valence-corrected chi connectivity index (χ1v) is 9.22. The molecule has 0 bridgehead atoms. The highest BCUT2D eigenvalue weighted by Gasteiger charge is 2.16. The largest absolute Gasteiger partial charge is 0.378 e. The molecule has 23 heavy (non-hydrogen) atoms. The van der Waals surface area contributed by atoms with E-state index in [1.54, 1.807) is 0 Å². The van der Waals surface area contributed by atoms with Crippen LogP contribution in [0.1, 0.15) is 46.5 Å². The van der Waals surface area contributed by atoms with Gasteiger partial charge in [0.2, 0.25) is 0 Å². The molecule has 1 fully saturated rings. The monoisotopic (exact) mass is 319 g/mol. The fourth-order valence-corrected chi connectivity index (χ4v) is 3.16. The first-order valence-electron chi connectivity index (χ1n) is 9.22. The molecule has 0 aromatic heterocycles. The first kappa shape index (κ1) is 18.3. The predicted molar refractivity (Wildman–Crippen MR) is 96.4 cm³/mol. The molecule has 0 N–H and O–H groups in total. The maximum Gasteiger partial charge on any atom is 0.0736 e. The lowest BCUT2D eigenvalue weighted by Crippen LogP contribution is -2.32. The molecule has 3 heteroatoms. The minimum Gasteiger partial charge on any atom is -0.378 e. The summed E-state index contributed by atoms with van der Waals surface area (Å²) in [5.74, 6) is 0.544. The summed E-state index contributed by atoms with van der Waals surface area (Å²) in [4.78, 5) is 2.38. The van der Waals surface area contributed by atoms with E-state index >= 15 is 0 Å². The molecule has 0 spiro atoms. The topological polar surface area (TPSA) is 21.7 Å². The van der Waals surface area contributed by atoms with Crippen LogP contribution in [0.2, 0.25) is 0 Å². The van der Waals surface area contributed by atoms with Crippen LogP contribution in [0.5, 0.6) is 0 Å². The molecule has 1 aliphatic heterocycles. The quantitative estimate of drug-likeness (QED) is 0.652. The van der Waals surface area contributed by atoms with Crippen LogP contribution in [0.4, 0.5) is 0 Å². The van der Waals surface area contributed by atoms with Crippen molar-refractivity contribution in [2.45, 2.75) is 46.5 Å². The summed E-state index contributed by atoms with van der Waals surface area (Å²) in [6.07, 6.45) is 12.2. The van der Waals surface area contributed by atoms with Crippen molar-refractivity contribution in [1.29, 1.82) is 0 Å². The van der Waals surface area contributed by atoms with Crippen LogP contribution in [0.15, 0.2) is 35.1 Å². The van der Waals surface area contributed by atoms with E-state index in [-0.39, 0.29) is 0 Å². The van der Waals surface area contributed by atoms with Gasteiger partial charge in [-0.05, 0) is 49.7 Å². The van der Waals surface area contributed by atoms with E-state index in [1.807, 2.05) is 0 Å². The van der Waals surface area contributed by atoms with Gasteiger partial charge in [-0.2, -0.15) is 0 Å². The van der Waals surface area contributed by atoms with Crippen molar-refractivity contribution in [3.05, 3.63) is 35.1 Å². The maximum absolute atomic E-state index is 5.80. The molecule has 0 aromatic carbocycles. The van der Waals surface area contributed by atoms with Gasteiger partial charge in [-0.3, -0.25) is 0 Å². The van der Waals surface area contributed by atoms with Crippen molar-refractivity contribution in [3.63, 3.8) is 0 Å². The van der Waals surface area contributed by atoms with Crippen molar-refractivity contribution in [2.75, 3.05) is 39.5 Å². The summed E-state index contributed by atoms with van der Waals surface area (Å²) < 4.78 is 11.3. The summed E-state index contributed by atoms with van der Waals surface area (Å²) in [5, 5.41) is 0. The van der Waals surface area contributed by atoms with Gasteiger partial charge in [0.15, 0.2) is 0 Å². The SMILES string of the molecule is CCOCC(=C/N1CCOCC1)/C(=C/C(C)C)C1=CCCCC1. The van der Waals surface area contributed by atoms with Crippen LogP contribution in [-0.4, -0.2) is 44.4 Å². The van der Waals surface area contributed by atoms with Crippen LogP contribution in [-0.2, 0) is 9.47 Å². The summed E-state index contributed by atoms with van der Waals surface area (Å²) >= 11 is 0. The van der Waals surface area contributed by atoms with E-state index in [1.165, 1.54) is 42.4 Å². The Hall–Kier alpha value is -1.06. The van der Waals surface area contributed by atoms with Crippen LogP contribution in [0, 0.1) is 5.92 Å². The zero-order valence-electron chi connectivity index (χ0n) is 15.1. The zero-order valence-corrected chi connectivity index (χ0v) is 15.1. The number of nitrogens with zero attached hydrogens (tertiary/aromatic N) is 1. The molecule has 0 saturated carbocycles. The Labute approximate surface area is 142 Å². The van der Waals surface area contributed by atoms with Crippen molar-refractivity contribution < 1.29 is 9.47 Å². The second-order valence-corrected chi connectivity index (χ2v) is 6.74. The molecule has 0 unspecified atom stereocenters. The lowest BCUT2D eigenvalue weighted by Gasteiger charge is -2.28. The lowest BCUT2D eigenvalue weighted by atomic mass is 9.88. The van der Waals surface area contributed by atoms with E-state index < -0.39 is 0 Å². The Morgan fingerprint density at radius 2 is 2.09 bits per heavy atom. The van der Waals surface area contributed by atoms with Crippen LogP contribution in [0.3, 0.4) is 0 Å². The van der Waals surface area contributed by atoms with Crippen LogP contribution >= 0.6 is 0 Å². The minimum absolute atomic E-state index is 0.544. The minimum atomic E-state index is 0.544. The fourth-order valence-electron chi connectivity index (χ4n) is 3.16. The van der Waals surface area contributed by atoms with Gasteiger partial charge in [0.25, 0.3) is 0 Å². The molecular formula is C20H33NO2. The summed E-state index contributed by atoms with van der Waals surface area (Å²) in [6, 6.07) is 0. The standard InChI is InChI=1S/C20H33NO2/c1-4-22-16-19(15-21-10-12-23-13-11-21)20(14-17(2)3)18-8-6-5-7-9-18/h8,14-15,17H,4-7,9-13,16H2,1-3H3/b19-15-,20-14+. The molecule has 0 aromatic rings. The number of morpholine rings is 1. The van der Waals surface area contributed by atoms with Gasteiger partial charge in [0, 0.05) is 31.5 Å². The number of hydrogen-bond donors (Lipinski definition) is 0. The van der Waals surface area contributed by atoms with Crippen molar-refractivity contribution in [1.82, 2.24) is 4.90 Å². The smallest absolute Gasteiger partial charge is 0.0736 e. The van der Waals surface area contributed by atoms with E-state index in [0.717, 1.165) is 32.9 Å². The van der Waals surface area contributed by atoms with E-state index in [2.05, 4.69) is 44.0 Å². The number of allylic oxidation sites excluding steroid dienone is 3. The molecule has 1 heterocycles. The summed E-state index contributed by atoms with van der Waals surface area (Å²) in [5.41, 5.74) is 4.26. The third-order valence-electron chi connectivity index (χ3n) is 4.33. The average Bonchev–Trinajstić information content (AvgIpc) is 2.58. The van der Waals surface area contributed by atoms with Gasteiger partial charge in [-0.25, -0.2) is 0 Å². The van der Waals surface area contributed by atoms with E-state index in [9.17, 15) is 0 Å². The van der Waals surface area contributed by atoms with Gasteiger partial charge in [0.05, 0.1) is 19.8 Å². The molecule has 2 aliphatic rings. The summed E-state index contributed by atoms with van der Waals surface area (Å²) in [7, 11) is 0. The Balaban J connectivity index is 2.26. The Morgan fingerprint density at radius 3 is 2.70 bits per heavy atom. The Bertz CT molecular complexity index is 443. The molecule has 0 radical (unpaired) electrons. The highest BCUT2D eigenvalue weighted by molar-refractivity contribution is 5.47. The average molecular weight is 319 g/mol. The Kier molecular flexibility index (Phi) is 7.90. The molecule has 1 saturated heterocycles. The first-order chi connectivity index (χ1) is 11.2. The highest BCUT2D eigenvalue weighted by Crippen LogP contribution is 2.30. The number of hydrogen-bond acceptors (Lipinski definition) is 3. The fraction of sp³-hybridized carbons (Fsp3) is 0.700. The van der Waals surface area contributed by atoms with Crippen molar-refractivity contribution in [3.8, 4) is 0 Å². The predicted octanol–water partition coefficient (Wildman–Crippen LogP) is 4.32. The van der Waals surface area contributed by atoms with Crippen LogP contribution < -0.4 is 0 Å². The number of rotatable bonds is 7. The molecule has 0 atom stereocenters. The molecule has 2 rings (SSSR count). The van der Waals surface area contributed by atoms with Crippen molar-refractivity contribution >= 4 is 0 Å². The second kappa shape index (κ2) is 9.94. The Morgan fingerprint density at radius 1 is 1.30 bits per heavy atom. The third-order valence-corrected chi connectivity index (χ3v) is 4.33. The van der Waals surface area contributed by atoms with Gasteiger partial charge >= 0.3 is 0 Å². The molecule has 0 amide bonds. The summed E-state index contributed by atoms with van der Waals surface area (Å²) in [6.45, 7) is 11.6. The molecule has 3 nitrogen and oxygen atoms in total. The molecule has 130 valence electrons. The van der Waals surface area contributed by atoms with E-state index in [0.29, 0.717) is 12.5 Å². The number of ether oxygens (including phenoxy) is 2. The van der Waals surface area contributed by atoms with Gasteiger partial charge in [0.1, 0.15) is 0 Å². The van der Waals surface area contributed by atoms with E-state index in [4.69, 9.17) is 9.47 Å². The highest BCUT2D eigenvalue weighted by atomic mass is 16.5. The van der Waals surface area contributed by atoms with Gasteiger partial charge in [-0.15, -0.1) is 0 Å². The molecular weight excluding hydrogens is 286 g/mol.